The van der Waals surface area contributed by atoms with E-state index in [2.05, 4.69) is 19.9 Å². The zero-order chi connectivity index (χ0) is 25.6. The summed E-state index contributed by atoms with van der Waals surface area (Å²) in [4.78, 5) is 32.4. The van der Waals surface area contributed by atoms with Gasteiger partial charge in [-0.1, -0.05) is 6.42 Å². The molecule has 3 heterocycles. The van der Waals surface area contributed by atoms with E-state index in [1.807, 2.05) is 4.57 Å². The number of aromatic nitrogens is 2. The third-order valence-electron chi connectivity index (χ3n) is 7.01. The summed E-state index contributed by atoms with van der Waals surface area (Å²) in [7, 11) is 0. The molecule has 0 spiro atoms. The Morgan fingerprint density at radius 1 is 1.09 bits per heavy atom. The molecule has 1 aliphatic carbocycles. The van der Waals surface area contributed by atoms with Crippen LogP contribution in [-0.4, -0.2) is 81.0 Å². The Kier molecular flexibility index (Phi) is 6.70. The van der Waals surface area contributed by atoms with E-state index >= 15 is 0 Å². The minimum absolute atomic E-state index is 0.125. The number of ether oxygens (including phenoxy) is 1. The van der Waals surface area contributed by atoms with Crippen LogP contribution in [0.25, 0.3) is 0 Å². The third-order valence-corrected chi connectivity index (χ3v) is 7.01. The molecular weight excluding hydrogens is 484 g/mol. The van der Waals surface area contributed by atoms with Gasteiger partial charge >= 0.3 is 18.4 Å². The molecule has 196 valence electrons. The molecule has 0 aromatic carbocycles. The second-order valence-corrected chi connectivity index (χ2v) is 9.64. The van der Waals surface area contributed by atoms with E-state index in [-0.39, 0.29) is 31.6 Å². The maximum Gasteiger partial charge on any atom is 0.434 e. The zero-order valence-corrected chi connectivity index (χ0v) is 19.1. The minimum atomic E-state index is -5.77. The first-order valence-corrected chi connectivity index (χ1v) is 11.5. The molecular formula is C21H27F6N5O3. The Morgan fingerprint density at radius 3 is 2.26 bits per heavy atom. The summed E-state index contributed by atoms with van der Waals surface area (Å²) in [6.07, 6.45) is -11.9. The number of carbonyl (C=O) groups excluding carboxylic acids is 2. The van der Waals surface area contributed by atoms with Gasteiger partial charge in [0, 0.05) is 44.0 Å². The van der Waals surface area contributed by atoms with Gasteiger partial charge in [0.1, 0.15) is 11.5 Å². The molecule has 0 radical (unpaired) electrons. The summed E-state index contributed by atoms with van der Waals surface area (Å²) in [6.45, 7) is 3.65. The number of nitrogens with zero attached hydrogens (tertiary/aromatic N) is 4. The van der Waals surface area contributed by atoms with Crippen molar-refractivity contribution in [2.45, 2.75) is 82.2 Å². The van der Waals surface area contributed by atoms with Crippen LogP contribution in [0.2, 0.25) is 0 Å². The van der Waals surface area contributed by atoms with Crippen molar-refractivity contribution in [3.05, 3.63) is 17.7 Å². The van der Waals surface area contributed by atoms with Crippen molar-refractivity contribution < 1.29 is 40.7 Å². The van der Waals surface area contributed by atoms with Crippen molar-refractivity contribution in [3.8, 4) is 0 Å². The van der Waals surface area contributed by atoms with Gasteiger partial charge in [-0.15, -0.1) is 0 Å². The molecule has 0 unspecified atom stereocenters. The number of alkyl halides is 6. The van der Waals surface area contributed by atoms with E-state index in [1.165, 1.54) is 19.3 Å². The quantitative estimate of drug-likeness (QED) is 0.627. The van der Waals surface area contributed by atoms with Crippen molar-refractivity contribution in [2.75, 3.05) is 19.6 Å². The van der Waals surface area contributed by atoms with Crippen LogP contribution in [0, 0.1) is 0 Å². The molecule has 1 aromatic heterocycles. The van der Waals surface area contributed by atoms with Gasteiger partial charge in [0.05, 0.1) is 6.54 Å². The van der Waals surface area contributed by atoms with E-state index in [0.29, 0.717) is 12.6 Å². The molecule has 35 heavy (non-hydrogen) atoms. The number of fused-ring (bicyclic) bond motifs is 1. The lowest BCUT2D eigenvalue weighted by Gasteiger charge is -2.39. The highest BCUT2D eigenvalue weighted by molar-refractivity contribution is 5.92. The summed E-state index contributed by atoms with van der Waals surface area (Å²) in [5, 5.41) is 2.86. The van der Waals surface area contributed by atoms with Crippen LogP contribution in [0.3, 0.4) is 0 Å². The fraction of sp³-hybridized carbons (Fsp3) is 0.762. The van der Waals surface area contributed by atoms with E-state index in [1.54, 1.807) is 13.1 Å². The van der Waals surface area contributed by atoms with Crippen molar-refractivity contribution in [1.29, 1.82) is 0 Å². The molecule has 8 nitrogen and oxygen atoms in total. The van der Waals surface area contributed by atoms with Gasteiger partial charge in [-0.3, -0.25) is 9.69 Å². The first-order chi connectivity index (χ1) is 16.2. The van der Waals surface area contributed by atoms with Gasteiger partial charge in [-0.25, -0.2) is 9.78 Å². The van der Waals surface area contributed by atoms with E-state index in [0.717, 1.165) is 23.8 Å². The van der Waals surface area contributed by atoms with Crippen LogP contribution < -0.4 is 5.32 Å². The SMILES string of the molecule is CC1(NC(=O)c2cn3c(n2)CN(C2CCC2)CC3)CCN(C(=O)OC(C(F)(F)F)C(F)(F)F)CC1. The number of likely N-dealkylation sites (tertiary alicyclic amines) is 1. The Balaban J connectivity index is 1.31. The number of carbonyl (C=O) groups is 2. The predicted molar refractivity (Wildman–Crippen MR) is 109 cm³/mol. The van der Waals surface area contributed by atoms with Crippen LogP contribution in [-0.2, 0) is 17.8 Å². The summed E-state index contributed by atoms with van der Waals surface area (Å²) >= 11 is 0. The molecule has 1 saturated carbocycles. The molecule has 0 atom stereocenters. The molecule has 3 aliphatic rings. The van der Waals surface area contributed by atoms with Gasteiger partial charge in [0.25, 0.3) is 12.0 Å². The van der Waals surface area contributed by atoms with Crippen LogP contribution in [0.5, 0.6) is 0 Å². The monoisotopic (exact) mass is 511 g/mol. The van der Waals surface area contributed by atoms with E-state index in [4.69, 9.17) is 0 Å². The molecule has 1 N–H and O–H groups in total. The Labute approximate surface area is 197 Å². The summed E-state index contributed by atoms with van der Waals surface area (Å²) in [5.74, 6) is 0.384. The zero-order valence-electron chi connectivity index (χ0n) is 19.1. The number of rotatable bonds is 4. The number of nitrogens with one attached hydrogen (secondary N) is 1. The van der Waals surface area contributed by atoms with Crippen molar-refractivity contribution in [1.82, 2.24) is 24.7 Å². The standard InChI is InChI=1S/C21H27F6N5O3/c1-19(5-7-30(8-6-19)18(34)35-17(20(22,23)24)21(25,26)27)29-16(33)14-11-32-10-9-31(12-15(32)28-14)13-3-2-4-13/h11,13,17H,2-10,12H2,1H3,(H,29,33). The van der Waals surface area contributed by atoms with Crippen LogP contribution >= 0.6 is 0 Å². The molecule has 2 aliphatic heterocycles. The number of piperidine rings is 1. The van der Waals surface area contributed by atoms with E-state index in [9.17, 15) is 35.9 Å². The van der Waals surface area contributed by atoms with Crippen LogP contribution in [0.1, 0.15) is 55.3 Å². The number of halogens is 6. The molecule has 1 aromatic rings. The fourth-order valence-electron chi connectivity index (χ4n) is 4.58. The van der Waals surface area contributed by atoms with Crippen LogP contribution in [0.4, 0.5) is 31.1 Å². The fourth-order valence-corrected chi connectivity index (χ4v) is 4.58. The average molecular weight is 511 g/mol. The molecule has 4 rings (SSSR count). The smallest absolute Gasteiger partial charge is 0.426 e. The number of amides is 2. The number of hydrogen-bond donors (Lipinski definition) is 1. The third kappa shape index (κ3) is 5.67. The normalized spacial score (nSPS) is 21.4. The minimum Gasteiger partial charge on any atom is -0.426 e. The maximum atomic E-state index is 12.8. The molecule has 0 bridgehead atoms. The first-order valence-electron chi connectivity index (χ1n) is 11.5. The second-order valence-electron chi connectivity index (χ2n) is 9.64. The average Bonchev–Trinajstić information content (AvgIpc) is 3.13. The van der Waals surface area contributed by atoms with Crippen molar-refractivity contribution >= 4 is 12.0 Å². The van der Waals surface area contributed by atoms with Crippen molar-refractivity contribution in [2.24, 2.45) is 0 Å². The highest BCUT2D eigenvalue weighted by atomic mass is 19.4. The first kappa shape index (κ1) is 25.6. The lowest BCUT2D eigenvalue weighted by atomic mass is 9.89. The number of imidazole rings is 1. The Bertz CT molecular complexity index is 936. The van der Waals surface area contributed by atoms with Crippen molar-refractivity contribution in [3.63, 3.8) is 0 Å². The molecule has 1 saturated heterocycles. The molecule has 14 heteroatoms. The number of hydrogen-bond acceptors (Lipinski definition) is 5. The lowest BCUT2D eigenvalue weighted by molar-refractivity contribution is -0.308. The summed E-state index contributed by atoms with van der Waals surface area (Å²) in [5.41, 5.74) is -0.569. The van der Waals surface area contributed by atoms with E-state index < -0.39 is 36.0 Å². The van der Waals surface area contributed by atoms with Crippen LogP contribution in [0.15, 0.2) is 6.20 Å². The lowest BCUT2D eigenvalue weighted by Crippen LogP contribution is -2.55. The van der Waals surface area contributed by atoms with Gasteiger partial charge in [-0.2, -0.15) is 26.3 Å². The second kappa shape index (κ2) is 9.17. The largest absolute Gasteiger partial charge is 0.434 e. The predicted octanol–water partition coefficient (Wildman–Crippen LogP) is 3.47. The van der Waals surface area contributed by atoms with Gasteiger partial charge < -0.3 is 19.5 Å². The summed E-state index contributed by atoms with van der Waals surface area (Å²) < 4.78 is 81.7. The highest BCUT2D eigenvalue weighted by Gasteiger charge is 2.60. The molecule has 2 fully saturated rings. The summed E-state index contributed by atoms with van der Waals surface area (Å²) in [6, 6.07) is 0.566. The topological polar surface area (TPSA) is 79.7 Å². The Morgan fingerprint density at radius 2 is 1.71 bits per heavy atom. The molecule has 2 amide bonds. The maximum absolute atomic E-state index is 12.8. The van der Waals surface area contributed by atoms with Gasteiger partial charge in [0.2, 0.25) is 0 Å². The van der Waals surface area contributed by atoms with Gasteiger partial charge in [-0.05, 0) is 32.6 Å². The Hall–Kier alpha value is -2.51. The van der Waals surface area contributed by atoms with Gasteiger partial charge in [0.15, 0.2) is 0 Å². The highest BCUT2D eigenvalue weighted by Crippen LogP contribution is 2.36.